The van der Waals surface area contributed by atoms with Gasteiger partial charge >= 0.3 is 6.18 Å². The first-order valence-corrected chi connectivity index (χ1v) is 10.7. The number of aryl methyl sites for hydroxylation is 1. The largest absolute Gasteiger partial charge is 0.434 e. The number of carbonyl (C=O) groups excluding carboxylic acids is 1. The number of piperidine rings is 1. The summed E-state index contributed by atoms with van der Waals surface area (Å²) in [5.41, 5.74) is 0.129. The highest BCUT2D eigenvalue weighted by Gasteiger charge is 2.47. The summed E-state index contributed by atoms with van der Waals surface area (Å²) in [6, 6.07) is 4.02. The fourth-order valence-corrected chi connectivity index (χ4v) is 4.79. The number of aromatic nitrogens is 4. The summed E-state index contributed by atoms with van der Waals surface area (Å²) in [4.78, 5) is 31.0. The third-order valence-corrected chi connectivity index (χ3v) is 6.26. The van der Waals surface area contributed by atoms with Gasteiger partial charge < -0.3 is 10.2 Å². The average molecular weight is 472 g/mol. The van der Waals surface area contributed by atoms with Crippen molar-refractivity contribution in [1.29, 1.82) is 0 Å². The summed E-state index contributed by atoms with van der Waals surface area (Å²) < 4.78 is 52.7. The molecule has 1 amide bonds. The van der Waals surface area contributed by atoms with Gasteiger partial charge in [0.05, 0.1) is 24.0 Å². The van der Waals surface area contributed by atoms with Crippen LogP contribution in [-0.4, -0.2) is 49.4 Å². The highest BCUT2D eigenvalue weighted by molar-refractivity contribution is 6.00. The van der Waals surface area contributed by atoms with Gasteiger partial charge in [-0.15, -0.1) is 0 Å². The molecule has 0 aromatic carbocycles. The Hall–Kier alpha value is -3.63. The highest BCUT2D eigenvalue weighted by Crippen LogP contribution is 2.40. The summed E-state index contributed by atoms with van der Waals surface area (Å²) in [5.74, 6) is -0.405. The molecule has 1 aliphatic heterocycles. The van der Waals surface area contributed by atoms with Crippen molar-refractivity contribution in [2.45, 2.75) is 38.0 Å². The Labute approximate surface area is 192 Å². The molecule has 34 heavy (non-hydrogen) atoms. The van der Waals surface area contributed by atoms with E-state index in [0.29, 0.717) is 12.7 Å². The van der Waals surface area contributed by atoms with Gasteiger partial charge in [-0.1, -0.05) is 0 Å². The molecule has 0 radical (unpaired) electrons. The summed E-state index contributed by atoms with van der Waals surface area (Å²) in [5, 5.41) is 3.13. The molecule has 0 unspecified atom stereocenters. The number of pyridine rings is 2. The van der Waals surface area contributed by atoms with Gasteiger partial charge in [-0.2, -0.15) is 13.2 Å². The quantitative estimate of drug-likeness (QED) is 0.576. The maximum absolute atomic E-state index is 14.4. The second kappa shape index (κ2) is 8.30. The van der Waals surface area contributed by atoms with Gasteiger partial charge in [-0.25, -0.2) is 14.4 Å². The molecule has 7 nitrogen and oxygen atoms in total. The first kappa shape index (κ1) is 22.2. The lowest BCUT2D eigenvalue weighted by molar-refractivity contribution is -0.141. The molecular weight excluding hydrogens is 452 g/mol. The number of hydrogen-bond acceptors (Lipinski definition) is 6. The molecule has 2 fully saturated rings. The molecule has 5 rings (SSSR count). The molecule has 1 N–H and O–H groups in total. The van der Waals surface area contributed by atoms with Crippen molar-refractivity contribution >= 4 is 11.7 Å². The van der Waals surface area contributed by atoms with E-state index in [4.69, 9.17) is 0 Å². The van der Waals surface area contributed by atoms with E-state index >= 15 is 0 Å². The Kier molecular flexibility index (Phi) is 5.41. The van der Waals surface area contributed by atoms with Crippen LogP contribution in [0.5, 0.6) is 0 Å². The molecule has 4 heterocycles. The molecule has 11 heteroatoms. The van der Waals surface area contributed by atoms with E-state index in [-0.39, 0.29) is 46.7 Å². The molecule has 3 aromatic rings. The number of nitrogens with zero attached hydrogens (tertiary/aromatic N) is 5. The van der Waals surface area contributed by atoms with Crippen LogP contribution in [0.3, 0.4) is 0 Å². The maximum atomic E-state index is 14.4. The van der Waals surface area contributed by atoms with E-state index in [9.17, 15) is 22.4 Å². The highest BCUT2D eigenvalue weighted by atomic mass is 19.4. The Bertz CT molecular complexity index is 1230. The van der Waals surface area contributed by atoms with E-state index < -0.39 is 17.7 Å². The Morgan fingerprint density at radius 2 is 1.91 bits per heavy atom. The Morgan fingerprint density at radius 1 is 1.09 bits per heavy atom. The van der Waals surface area contributed by atoms with Crippen LogP contribution in [-0.2, 0) is 6.18 Å². The van der Waals surface area contributed by atoms with Crippen molar-refractivity contribution in [3.8, 4) is 11.4 Å². The SMILES string of the molecule is Cc1cnc(-c2ncccc2F)c(C(=O)N2C[C@@H]3C[C@@H](Nc4cnc(C(F)(F)F)cn4)[C@@H]2C3)c1. The topological polar surface area (TPSA) is 83.9 Å². The number of nitrogens with one attached hydrogen (secondary N) is 1. The lowest BCUT2D eigenvalue weighted by atomic mass is 10.0. The van der Waals surface area contributed by atoms with E-state index in [1.54, 1.807) is 24.1 Å². The van der Waals surface area contributed by atoms with Crippen molar-refractivity contribution in [2.75, 3.05) is 11.9 Å². The van der Waals surface area contributed by atoms with Crippen LogP contribution in [0.4, 0.5) is 23.4 Å². The zero-order valence-electron chi connectivity index (χ0n) is 18.1. The van der Waals surface area contributed by atoms with Gasteiger partial charge in [0.15, 0.2) is 11.5 Å². The van der Waals surface area contributed by atoms with Gasteiger partial charge in [-0.05, 0) is 49.4 Å². The maximum Gasteiger partial charge on any atom is 0.434 e. The normalized spacial score (nSPS) is 21.7. The number of halogens is 4. The standard InChI is InChI=1S/C23H20F4N6O/c1-12-5-14(20(31-8-12)21-15(24)3-2-4-28-21)22(34)33-11-13-6-16(17(33)7-13)32-19-10-29-18(9-30-19)23(25,26)27/h2-5,8-10,13,16-17H,6-7,11H2,1H3,(H,30,32)/t13-,16-,17+/m1/s1. The van der Waals surface area contributed by atoms with E-state index in [0.717, 1.165) is 24.6 Å². The third-order valence-electron chi connectivity index (χ3n) is 6.26. The Morgan fingerprint density at radius 3 is 2.59 bits per heavy atom. The smallest absolute Gasteiger partial charge is 0.364 e. The summed E-state index contributed by atoms with van der Waals surface area (Å²) >= 11 is 0. The zero-order valence-corrected chi connectivity index (χ0v) is 18.1. The van der Waals surface area contributed by atoms with Crippen LogP contribution < -0.4 is 5.32 Å². The van der Waals surface area contributed by atoms with Crippen LogP contribution in [0.25, 0.3) is 11.4 Å². The van der Waals surface area contributed by atoms with E-state index in [1.807, 2.05) is 0 Å². The molecule has 2 aliphatic rings. The first-order valence-electron chi connectivity index (χ1n) is 10.7. The molecule has 176 valence electrons. The fraction of sp³-hybridized carbons (Fsp3) is 0.348. The van der Waals surface area contributed by atoms with Crippen LogP contribution in [0.1, 0.15) is 34.5 Å². The Balaban J connectivity index is 1.39. The number of likely N-dealkylation sites (tertiary alicyclic amines) is 1. The molecule has 1 aliphatic carbocycles. The van der Waals surface area contributed by atoms with E-state index in [1.165, 1.54) is 18.3 Å². The van der Waals surface area contributed by atoms with Gasteiger partial charge in [0.25, 0.3) is 5.91 Å². The summed E-state index contributed by atoms with van der Waals surface area (Å²) in [6.07, 6.45) is 1.68. The number of alkyl halides is 3. The number of amides is 1. The second-order valence-electron chi connectivity index (χ2n) is 8.64. The second-order valence-corrected chi connectivity index (χ2v) is 8.64. The lowest BCUT2D eigenvalue weighted by Gasteiger charge is -2.34. The zero-order chi connectivity index (χ0) is 24.0. The van der Waals surface area contributed by atoms with E-state index in [2.05, 4.69) is 25.3 Å². The summed E-state index contributed by atoms with van der Waals surface area (Å²) in [7, 11) is 0. The number of anilines is 1. The minimum atomic E-state index is -4.56. The minimum absolute atomic E-state index is 0.00455. The van der Waals surface area contributed by atoms with Crippen LogP contribution in [0.2, 0.25) is 0 Å². The van der Waals surface area contributed by atoms with Crippen molar-refractivity contribution in [2.24, 2.45) is 5.92 Å². The van der Waals surface area contributed by atoms with Gasteiger partial charge in [0.1, 0.15) is 17.2 Å². The van der Waals surface area contributed by atoms with Gasteiger partial charge in [-0.3, -0.25) is 14.8 Å². The first-order chi connectivity index (χ1) is 16.2. The third kappa shape index (κ3) is 4.06. The van der Waals surface area contributed by atoms with Crippen molar-refractivity contribution in [3.05, 3.63) is 65.6 Å². The molecule has 1 saturated heterocycles. The minimum Gasteiger partial charge on any atom is -0.364 e. The monoisotopic (exact) mass is 472 g/mol. The summed E-state index contributed by atoms with van der Waals surface area (Å²) in [6.45, 7) is 2.34. The molecule has 0 spiro atoms. The molecule has 3 aromatic heterocycles. The van der Waals surface area contributed by atoms with Gasteiger partial charge in [0, 0.05) is 25.0 Å². The number of hydrogen-bond donors (Lipinski definition) is 1. The number of fused-ring (bicyclic) bond motifs is 2. The van der Waals surface area contributed by atoms with Crippen molar-refractivity contribution in [1.82, 2.24) is 24.8 Å². The van der Waals surface area contributed by atoms with Gasteiger partial charge in [0.2, 0.25) is 0 Å². The predicted octanol–water partition coefficient (Wildman–Crippen LogP) is 4.12. The average Bonchev–Trinajstić information content (AvgIpc) is 3.40. The molecule has 3 atom stereocenters. The van der Waals surface area contributed by atoms with Crippen LogP contribution in [0.15, 0.2) is 43.0 Å². The molecule has 1 saturated carbocycles. The molecular formula is C23H20F4N6O. The van der Waals surface area contributed by atoms with Crippen molar-refractivity contribution in [3.63, 3.8) is 0 Å². The fourth-order valence-electron chi connectivity index (χ4n) is 4.79. The number of carbonyl (C=O) groups is 1. The van der Waals surface area contributed by atoms with Crippen molar-refractivity contribution < 1.29 is 22.4 Å². The lowest BCUT2D eigenvalue weighted by Crippen LogP contribution is -2.48. The van der Waals surface area contributed by atoms with Crippen LogP contribution >= 0.6 is 0 Å². The molecule has 2 bridgehead atoms. The van der Waals surface area contributed by atoms with Crippen LogP contribution in [0, 0.1) is 18.7 Å². The predicted molar refractivity (Wildman–Crippen MR) is 114 cm³/mol. The number of rotatable bonds is 4.